The number of fused-ring (bicyclic) bond motifs is 1. The van der Waals surface area contributed by atoms with Crippen molar-refractivity contribution in [2.24, 2.45) is 0 Å². The van der Waals surface area contributed by atoms with Crippen LogP contribution in [0.1, 0.15) is 5.56 Å². The minimum atomic E-state index is 0.601. The van der Waals surface area contributed by atoms with Gasteiger partial charge in [-0.3, -0.25) is 0 Å². The van der Waals surface area contributed by atoms with Crippen LogP contribution in [0.5, 0.6) is 5.75 Å². The van der Waals surface area contributed by atoms with E-state index in [0.717, 1.165) is 28.6 Å². The molecule has 0 unspecified atom stereocenters. The largest absolute Gasteiger partial charge is 0.492 e. The summed E-state index contributed by atoms with van der Waals surface area (Å²) < 4.78 is 5.75. The Morgan fingerprint density at radius 2 is 1.82 bits per heavy atom. The molecule has 0 heterocycles. The molecule has 0 bridgehead atoms. The standard InChI is InChI=1S/C19H18ClNO/c1-14-13-16(9-10-18(14)20)22-12-11-21-19-8-4-6-15-5-2-3-7-17(15)19/h2-10,13,21H,11-12H2,1H3. The van der Waals surface area contributed by atoms with Gasteiger partial charge in [-0.15, -0.1) is 0 Å². The first-order valence-corrected chi connectivity index (χ1v) is 7.72. The molecule has 0 atom stereocenters. The summed E-state index contributed by atoms with van der Waals surface area (Å²) in [5.74, 6) is 0.849. The predicted octanol–water partition coefficient (Wildman–Crippen LogP) is 5.29. The van der Waals surface area contributed by atoms with Gasteiger partial charge >= 0.3 is 0 Å². The summed E-state index contributed by atoms with van der Waals surface area (Å²) in [7, 11) is 0. The van der Waals surface area contributed by atoms with E-state index < -0.39 is 0 Å². The Hall–Kier alpha value is -2.19. The van der Waals surface area contributed by atoms with Gasteiger partial charge < -0.3 is 10.1 Å². The van der Waals surface area contributed by atoms with Gasteiger partial charge in [0.25, 0.3) is 0 Å². The highest BCUT2D eigenvalue weighted by atomic mass is 35.5. The summed E-state index contributed by atoms with van der Waals surface area (Å²) in [6.07, 6.45) is 0. The van der Waals surface area contributed by atoms with Gasteiger partial charge in [0.1, 0.15) is 12.4 Å². The molecule has 0 aliphatic heterocycles. The lowest BCUT2D eigenvalue weighted by Gasteiger charge is -2.11. The fourth-order valence-corrected chi connectivity index (χ4v) is 2.56. The van der Waals surface area contributed by atoms with Crippen molar-refractivity contribution < 1.29 is 4.74 Å². The lowest BCUT2D eigenvalue weighted by Crippen LogP contribution is -2.11. The molecule has 22 heavy (non-hydrogen) atoms. The van der Waals surface area contributed by atoms with Crippen LogP contribution >= 0.6 is 11.6 Å². The highest BCUT2D eigenvalue weighted by Crippen LogP contribution is 2.23. The Kier molecular flexibility index (Phi) is 4.50. The molecule has 0 aromatic heterocycles. The van der Waals surface area contributed by atoms with Gasteiger partial charge in [-0.1, -0.05) is 48.0 Å². The third-order valence-corrected chi connectivity index (χ3v) is 4.03. The molecule has 3 aromatic carbocycles. The maximum Gasteiger partial charge on any atom is 0.119 e. The van der Waals surface area contributed by atoms with Crippen molar-refractivity contribution in [1.29, 1.82) is 0 Å². The number of hydrogen-bond acceptors (Lipinski definition) is 2. The second-order valence-corrected chi connectivity index (χ2v) is 5.62. The van der Waals surface area contributed by atoms with Crippen LogP contribution in [0, 0.1) is 6.92 Å². The van der Waals surface area contributed by atoms with Crippen molar-refractivity contribution in [2.45, 2.75) is 6.92 Å². The van der Waals surface area contributed by atoms with E-state index in [0.29, 0.717) is 6.61 Å². The lowest BCUT2D eigenvalue weighted by molar-refractivity contribution is 0.332. The van der Waals surface area contributed by atoms with Gasteiger partial charge in [0, 0.05) is 22.6 Å². The molecule has 0 amide bonds. The molecule has 0 radical (unpaired) electrons. The normalized spacial score (nSPS) is 10.6. The quantitative estimate of drug-likeness (QED) is 0.646. The summed E-state index contributed by atoms with van der Waals surface area (Å²) in [6, 6.07) is 20.3. The van der Waals surface area contributed by atoms with Crippen molar-refractivity contribution in [1.82, 2.24) is 0 Å². The van der Waals surface area contributed by atoms with E-state index in [1.165, 1.54) is 10.8 Å². The van der Waals surface area contributed by atoms with E-state index in [1.54, 1.807) is 0 Å². The van der Waals surface area contributed by atoms with Gasteiger partial charge in [0.15, 0.2) is 0 Å². The predicted molar refractivity (Wildman–Crippen MR) is 94.1 cm³/mol. The minimum absolute atomic E-state index is 0.601. The number of aryl methyl sites for hydroxylation is 1. The zero-order valence-electron chi connectivity index (χ0n) is 12.5. The third-order valence-electron chi connectivity index (χ3n) is 3.61. The molecule has 112 valence electrons. The van der Waals surface area contributed by atoms with E-state index >= 15 is 0 Å². The van der Waals surface area contributed by atoms with Gasteiger partial charge in [-0.2, -0.15) is 0 Å². The first-order chi connectivity index (χ1) is 10.7. The number of halogens is 1. The highest BCUT2D eigenvalue weighted by Gasteiger charge is 2.01. The van der Waals surface area contributed by atoms with E-state index in [1.807, 2.05) is 25.1 Å². The minimum Gasteiger partial charge on any atom is -0.492 e. The molecule has 3 rings (SSSR count). The van der Waals surface area contributed by atoms with Crippen LogP contribution in [0.25, 0.3) is 10.8 Å². The molecule has 3 aromatic rings. The third kappa shape index (κ3) is 3.34. The Labute approximate surface area is 135 Å². The van der Waals surface area contributed by atoms with Crippen LogP contribution in [0.15, 0.2) is 60.7 Å². The summed E-state index contributed by atoms with van der Waals surface area (Å²) in [5.41, 5.74) is 2.16. The van der Waals surface area contributed by atoms with Crippen molar-refractivity contribution in [3.63, 3.8) is 0 Å². The summed E-state index contributed by atoms with van der Waals surface area (Å²) in [6.45, 7) is 3.32. The SMILES string of the molecule is Cc1cc(OCCNc2cccc3ccccc23)ccc1Cl. The van der Waals surface area contributed by atoms with Crippen LogP contribution in [-0.2, 0) is 0 Å². The van der Waals surface area contributed by atoms with E-state index in [-0.39, 0.29) is 0 Å². The molecule has 1 N–H and O–H groups in total. The Morgan fingerprint density at radius 3 is 2.68 bits per heavy atom. The second kappa shape index (κ2) is 6.71. The molecular weight excluding hydrogens is 294 g/mol. The monoisotopic (exact) mass is 311 g/mol. The Balaban J connectivity index is 1.59. The first-order valence-electron chi connectivity index (χ1n) is 7.34. The van der Waals surface area contributed by atoms with Crippen LogP contribution in [0.2, 0.25) is 5.02 Å². The number of benzene rings is 3. The number of rotatable bonds is 5. The zero-order chi connectivity index (χ0) is 15.4. The van der Waals surface area contributed by atoms with Crippen LogP contribution in [0.4, 0.5) is 5.69 Å². The Morgan fingerprint density at radius 1 is 1.00 bits per heavy atom. The molecule has 3 heteroatoms. The number of ether oxygens (including phenoxy) is 1. The highest BCUT2D eigenvalue weighted by molar-refractivity contribution is 6.31. The maximum absolute atomic E-state index is 6.01. The van der Waals surface area contributed by atoms with Crippen molar-refractivity contribution >= 4 is 28.1 Å². The van der Waals surface area contributed by atoms with Gasteiger partial charge in [-0.05, 0) is 42.1 Å². The van der Waals surface area contributed by atoms with Crippen LogP contribution in [-0.4, -0.2) is 13.2 Å². The number of hydrogen-bond donors (Lipinski definition) is 1. The van der Waals surface area contributed by atoms with E-state index in [2.05, 4.69) is 47.8 Å². The summed E-state index contributed by atoms with van der Waals surface area (Å²) in [5, 5.41) is 6.66. The van der Waals surface area contributed by atoms with Crippen molar-refractivity contribution in [2.75, 3.05) is 18.5 Å². The second-order valence-electron chi connectivity index (χ2n) is 5.21. The van der Waals surface area contributed by atoms with Crippen LogP contribution < -0.4 is 10.1 Å². The van der Waals surface area contributed by atoms with E-state index in [4.69, 9.17) is 16.3 Å². The number of nitrogens with one attached hydrogen (secondary N) is 1. The molecule has 0 aliphatic rings. The van der Waals surface area contributed by atoms with Gasteiger partial charge in [0.05, 0.1) is 0 Å². The topological polar surface area (TPSA) is 21.3 Å². The lowest BCUT2D eigenvalue weighted by atomic mass is 10.1. The molecule has 0 aliphatic carbocycles. The van der Waals surface area contributed by atoms with Crippen molar-refractivity contribution in [3.05, 3.63) is 71.2 Å². The molecule has 0 spiro atoms. The van der Waals surface area contributed by atoms with Gasteiger partial charge in [0.2, 0.25) is 0 Å². The van der Waals surface area contributed by atoms with E-state index in [9.17, 15) is 0 Å². The fourth-order valence-electron chi connectivity index (χ4n) is 2.44. The number of anilines is 1. The first kappa shape index (κ1) is 14.7. The maximum atomic E-state index is 6.01. The Bertz CT molecular complexity index is 780. The summed E-state index contributed by atoms with van der Waals surface area (Å²) >= 11 is 6.01. The molecule has 2 nitrogen and oxygen atoms in total. The van der Waals surface area contributed by atoms with Gasteiger partial charge in [-0.25, -0.2) is 0 Å². The average molecular weight is 312 g/mol. The zero-order valence-corrected chi connectivity index (χ0v) is 13.2. The molecule has 0 saturated carbocycles. The summed E-state index contributed by atoms with van der Waals surface area (Å²) in [4.78, 5) is 0. The molecule has 0 saturated heterocycles. The smallest absolute Gasteiger partial charge is 0.119 e. The van der Waals surface area contributed by atoms with Crippen molar-refractivity contribution in [3.8, 4) is 5.75 Å². The fraction of sp³-hybridized carbons (Fsp3) is 0.158. The molecule has 0 fully saturated rings. The van der Waals surface area contributed by atoms with Crippen LogP contribution in [0.3, 0.4) is 0 Å². The average Bonchev–Trinajstić information content (AvgIpc) is 2.55. The molecular formula is C19H18ClNO.